The van der Waals surface area contributed by atoms with Crippen LogP contribution in [0.15, 0.2) is 231 Å². The highest BCUT2D eigenvalue weighted by atomic mass is 16.5. The van der Waals surface area contributed by atoms with Crippen LogP contribution in [0.5, 0.6) is 11.5 Å². The zero-order valence-corrected chi connectivity index (χ0v) is 38.3. The van der Waals surface area contributed by atoms with E-state index < -0.39 is 5.41 Å². The number of benzene rings is 11. The number of rotatable bonds is 3. The maximum atomic E-state index is 6.92. The summed E-state index contributed by atoms with van der Waals surface area (Å²) >= 11 is 0. The van der Waals surface area contributed by atoms with Crippen molar-refractivity contribution in [2.75, 3.05) is 4.90 Å². The second-order valence-corrected chi connectivity index (χ2v) is 19.5. The largest absolute Gasteiger partial charge is 0.458 e. The summed E-state index contributed by atoms with van der Waals surface area (Å²) in [6, 6.07) is 86.3. The second kappa shape index (κ2) is 13.9. The lowest BCUT2D eigenvalue weighted by atomic mass is 9.34. The molecule has 0 N–H and O–H groups in total. The Hall–Kier alpha value is -8.86. The molecule has 3 nitrogen and oxygen atoms in total. The molecule has 1 aromatic heterocycles. The molecule has 0 radical (unpaired) electrons. The third-order valence-corrected chi connectivity index (χ3v) is 16.1. The molecule has 11 aromatic carbocycles. The van der Waals surface area contributed by atoms with Crippen LogP contribution in [-0.4, -0.2) is 11.3 Å². The van der Waals surface area contributed by atoms with Crippen molar-refractivity contribution in [2.24, 2.45) is 0 Å². The molecule has 0 amide bonds. The van der Waals surface area contributed by atoms with E-state index in [-0.39, 0.29) is 6.71 Å². The van der Waals surface area contributed by atoms with Crippen molar-refractivity contribution in [3.05, 3.63) is 258 Å². The van der Waals surface area contributed by atoms with Crippen molar-refractivity contribution >= 4 is 72.7 Å². The van der Waals surface area contributed by atoms with Crippen LogP contribution in [-0.2, 0) is 5.41 Å². The van der Waals surface area contributed by atoms with Crippen LogP contribution < -0.4 is 26.0 Å². The van der Waals surface area contributed by atoms with E-state index in [1.165, 1.54) is 116 Å². The molecule has 0 bridgehead atoms. The third-order valence-electron chi connectivity index (χ3n) is 16.1. The molecular weight excluding hydrogens is 848 g/mol. The van der Waals surface area contributed by atoms with Crippen molar-refractivity contribution in [2.45, 2.75) is 12.3 Å². The molecule has 12 aromatic rings. The number of hydrogen-bond acceptors (Lipinski definition) is 2. The number of nitrogens with zero attached hydrogens (tertiary/aromatic N) is 2. The molecule has 2 aliphatic carbocycles. The van der Waals surface area contributed by atoms with E-state index in [1.54, 1.807) is 0 Å². The van der Waals surface area contributed by atoms with E-state index in [4.69, 9.17) is 4.74 Å². The Morgan fingerprint density at radius 3 is 1.77 bits per heavy atom. The van der Waals surface area contributed by atoms with Gasteiger partial charge in [-0.2, -0.15) is 0 Å². The van der Waals surface area contributed by atoms with Gasteiger partial charge in [-0.05, 0) is 133 Å². The van der Waals surface area contributed by atoms with Crippen LogP contribution in [0.2, 0.25) is 0 Å². The Kier molecular flexibility index (Phi) is 7.56. The molecule has 0 unspecified atom stereocenters. The molecule has 2 aliphatic heterocycles. The molecule has 1 spiro atoms. The highest BCUT2D eigenvalue weighted by Crippen LogP contribution is 2.65. The quantitative estimate of drug-likeness (QED) is 0.164. The standard InChI is InChI=1S/C66H41BN2O/c1-40-35-61-65-63(36-40)70-62-34-18-14-30-54(62)67(65)55-37-49-43-22-7-12-28-50(43)66(52(49)38-60(55)69(61)56-31-15-9-21-42(56)41-19-3-2-4-20-41)51-29-13-8-27-48(51)64-47-26-6-5-25-46(47)59(39-53(64)66)68-57-32-16-10-23-44(57)45-24-11-17-33-58(45)68/h2-39H,1H3/t66-/m1/s1. The normalized spacial score (nSPS) is 15.3. The number of fused-ring (bicyclic) bond motifs is 19. The molecule has 3 heterocycles. The van der Waals surface area contributed by atoms with Crippen molar-refractivity contribution in [3.63, 3.8) is 0 Å². The highest BCUT2D eigenvalue weighted by molar-refractivity contribution is 6.99. The molecule has 324 valence electrons. The second-order valence-electron chi connectivity index (χ2n) is 19.5. The van der Waals surface area contributed by atoms with Crippen molar-refractivity contribution < 1.29 is 4.74 Å². The predicted octanol–water partition coefficient (Wildman–Crippen LogP) is 14.7. The van der Waals surface area contributed by atoms with Gasteiger partial charge in [-0.15, -0.1) is 0 Å². The molecule has 4 heteroatoms. The first-order valence-corrected chi connectivity index (χ1v) is 24.5. The molecular formula is C66H41BN2O. The van der Waals surface area contributed by atoms with Gasteiger partial charge in [-0.1, -0.05) is 182 Å². The minimum atomic E-state index is -0.638. The van der Waals surface area contributed by atoms with Crippen LogP contribution >= 0.6 is 0 Å². The molecule has 70 heavy (non-hydrogen) atoms. The lowest BCUT2D eigenvalue weighted by Crippen LogP contribution is -2.59. The van der Waals surface area contributed by atoms with Crippen LogP contribution in [0.25, 0.3) is 71.6 Å². The topological polar surface area (TPSA) is 17.4 Å². The van der Waals surface area contributed by atoms with Gasteiger partial charge in [0, 0.05) is 33.1 Å². The van der Waals surface area contributed by atoms with E-state index >= 15 is 0 Å². The third kappa shape index (κ3) is 4.80. The van der Waals surface area contributed by atoms with Crippen LogP contribution in [0.4, 0.5) is 17.1 Å². The van der Waals surface area contributed by atoms with Crippen molar-refractivity contribution in [3.8, 4) is 50.6 Å². The molecule has 1 atom stereocenters. The van der Waals surface area contributed by atoms with Gasteiger partial charge in [0.1, 0.15) is 11.5 Å². The van der Waals surface area contributed by atoms with Crippen LogP contribution in [0.3, 0.4) is 0 Å². The SMILES string of the molecule is Cc1cc2c3c(c1)N(c1ccccc1-c1ccccc1)c1cc4c(cc1B3c1ccccc1O2)-c1ccccc1[C@@]41c2ccccc2-c2c1cc(-n1c3ccccc3c3ccccc31)c1ccccc21. The van der Waals surface area contributed by atoms with E-state index in [9.17, 15) is 0 Å². The van der Waals surface area contributed by atoms with Gasteiger partial charge in [0.15, 0.2) is 0 Å². The lowest BCUT2D eigenvalue weighted by molar-refractivity contribution is 0.487. The summed E-state index contributed by atoms with van der Waals surface area (Å²) in [5.74, 6) is 1.84. The lowest BCUT2D eigenvalue weighted by Gasteiger charge is -2.42. The van der Waals surface area contributed by atoms with Gasteiger partial charge in [0.2, 0.25) is 0 Å². The Balaban J connectivity index is 1.06. The minimum Gasteiger partial charge on any atom is -0.458 e. The van der Waals surface area contributed by atoms with Crippen LogP contribution in [0.1, 0.15) is 27.8 Å². The predicted molar refractivity (Wildman–Crippen MR) is 291 cm³/mol. The number of ether oxygens (including phenoxy) is 1. The monoisotopic (exact) mass is 888 g/mol. The van der Waals surface area contributed by atoms with Gasteiger partial charge >= 0.3 is 0 Å². The fourth-order valence-electron chi connectivity index (χ4n) is 13.4. The zero-order chi connectivity index (χ0) is 45.8. The first kappa shape index (κ1) is 38.1. The van der Waals surface area contributed by atoms with E-state index in [1.807, 2.05) is 0 Å². The van der Waals surface area contributed by atoms with E-state index in [2.05, 4.69) is 247 Å². The average Bonchev–Trinajstić information content (AvgIpc) is 4.02. The summed E-state index contributed by atoms with van der Waals surface area (Å²) in [5, 5.41) is 5.02. The number of para-hydroxylation sites is 4. The van der Waals surface area contributed by atoms with E-state index in [0.717, 1.165) is 28.4 Å². The molecule has 0 saturated carbocycles. The van der Waals surface area contributed by atoms with Gasteiger partial charge in [-0.3, -0.25) is 0 Å². The Morgan fingerprint density at radius 2 is 0.986 bits per heavy atom. The maximum absolute atomic E-state index is 6.92. The number of hydrogen-bond donors (Lipinski definition) is 0. The Labute approximate surface area is 406 Å². The fraction of sp³-hybridized carbons (Fsp3) is 0.0303. The summed E-state index contributed by atoms with van der Waals surface area (Å²) in [7, 11) is 0. The Bertz CT molecular complexity index is 4210. The maximum Gasteiger partial charge on any atom is 0.256 e. The van der Waals surface area contributed by atoms with Gasteiger partial charge in [-0.25, -0.2) is 0 Å². The van der Waals surface area contributed by atoms with E-state index in [0.29, 0.717) is 0 Å². The minimum absolute atomic E-state index is 0.0475. The van der Waals surface area contributed by atoms with Gasteiger partial charge in [0.05, 0.1) is 27.8 Å². The summed E-state index contributed by atoms with van der Waals surface area (Å²) in [6.07, 6.45) is 0. The smallest absolute Gasteiger partial charge is 0.256 e. The highest BCUT2D eigenvalue weighted by Gasteiger charge is 2.54. The zero-order valence-electron chi connectivity index (χ0n) is 38.3. The first-order chi connectivity index (χ1) is 34.7. The average molecular weight is 889 g/mol. The summed E-state index contributed by atoms with van der Waals surface area (Å²) in [6.45, 7) is 2.15. The van der Waals surface area contributed by atoms with Gasteiger partial charge < -0.3 is 14.2 Å². The van der Waals surface area contributed by atoms with Crippen LogP contribution in [0, 0.1) is 6.92 Å². The number of aryl methyl sites for hydroxylation is 1. The molecule has 0 saturated heterocycles. The molecule has 4 aliphatic rings. The summed E-state index contributed by atoms with van der Waals surface area (Å²) in [4.78, 5) is 2.57. The Morgan fingerprint density at radius 1 is 0.386 bits per heavy atom. The molecule has 0 fully saturated rings. The summed E-state index contributed by atoms with van der Waals surface area (Å²) < 4.78 is 9.45. The number of aromatic nitrogens is 1. The molecule has 16 rings (SSSR count). The fourth-order valence-corrected chi connectivity index (χ4v) is 13.4. The number of anilines is 3. The van der Waals surface area contributed by atoms with Crippen molar-refractivity contribution in [1.29, 1.82) is 0 Å². The van der Waals surface area contributed by atoms with Gasteiger partial charge in [0.25, 0.3) is 6.71 Å². The summed E-state index contributed by atoms with van der Waals surface area (Å²) in [5.41, 5.74) is 24.1. The van der Waals surface area contributed by atoms with Crippen molar-refractivity contribution in [1.82, 2.24) is 4.57 Å². The first-order valence-electron chi connectivity index (χ1n) is 24.5.